The first-order valence-electron chi connectivity index (χ1n) is 16.5. The minimum absolute atomic E-state index is 0.0671. The van der Waals surface area contributed by atoms with Crippen molar-refractivity contribution in [3.63, 3.8) is 0 Å². The van der Waals surface area contributed by atoms with Gasteiger partial charge in [0.15, 0.2) is 0 Å². The molecule has 3 heterocycles. The van der Waals surface area contributed by atoms with Crippen molar-refractivity contribution in [1.82, 2.24) is 14.8 Å². The molecule has 3 aliphatic rings. The van der Waals surface area contributed by atoms with E-state index in [1.54, 1.807) is 12.0 Å². The van der Waals surface area contributed by atoms with Crippen molar-refractivity contribution in [2.75, 3.05) is 50.8 Å². The lowest BCUT2D eigenvalue weighted by Gasteiger charge is -2.35. The predicted molar refractivity (Wildman–Crippen MR) is 185 cm³/mol. The molecule has 1 saturated carbocycles. The zero-order valence-electron chi connectivity index (χ0n) is 27.9. The van der Waals surface area contributed by atoms with Crippen molar-refractivity contribution in [2.45, 2.75) is 65.0 Å². The monoisotopic (exact) mass is 645 g/mol. The van der Waals surface area contributed by atoms with Gasteiger partial charge in [0.2, 0.25) is 11.8 Å². The highest BCUT2D eigenvalue weighted by Crippen LogP contribution is 2.33. The first kappa shape index (κ1) is 33.7. The number of benzene rings is 2. The normalized spacial score (nSPS) is 20.0. The van der Waals surface area contributed by atoms with E-state index in [-0.39, 0.29) is 11.8 Å². The van der Waals surface area contributed by atoms with E-state index in [2.05, 4.69) is 42.8 Å². The lowest BCUT2D eigenvalue weighted by atomic mass is 9.85. The molecule has 1 aromatic heterocycles. The van der Waals surface area contributed by atoms with E-state index in [0.717, 1.165) is 54.5 Å². The smallest absolute Gasteiger partial charge is 0.237 e. The Balaban J connectivity index is 0.000000527. The van der Waals surface area contributed by atoms with Gasteiger partial charge in [-0.2, -0.15) is 0 Å². The van der Waals surface area contributed by atoms with Gasteiger partial charge in [-0.15, -0.1) is 0 Å². The second-order valence-corrected chi connectivity index (χ2v) is 13.8. The molecular formula is C37H48ClN5O3. The number of halogens is 1. The van der Waals surface area contributed by atoms with Crippen LogP contribution in [-0.2, 0) is 29.0 Å². The molecule has 46 heavy (non-hydrogen) atoms. The second-order valence-electron chi connectivity index (χ2n) is 13.4. The zero-order valence-corrected chi connectivity index (χ0v) is 28.7. The molecule has 0 N–H and O–H groups in total. The number of pyridine rings is 1. The number of nitrogens with zero attached hydrogens (tertiary/aromatic N) is 5. The number of carbonyl (C=O) groups is 2. The summed E-state index contributed by atoms with van der Waals surface area (Å²) in [5.41, 5.74) is 4.49. The molecule has 0 atom stereocenters. The minimum Gasteiger partial charge on any atom is -0.496 e. The number of ether oxygens (including phenoxy) is 1. The summed E-state index contributed by atoms with van der Waals surface area (Å²) >= 11 is 5.54. The topological polar surface area (TPSA) is 69.2 Å². The van der Waals surface area contributed by atoms with Crippen molar-refractivity contribution in [3.8, 4) is 5.75 Å². The van der Waals surface area contributed by atoms with E-state index in [1.807, 2.05) is 60.6 Å². The molecule has 3 aromatic rings. The van der Waals surface area contributed by atoms with Crippen molar-refractivity contribution >= 4 is 34.9 Å². The molecule has 246 valence electrons. The average molecular weight is 646 g/mol. The highest BCUT2D eigenvalue weighted by molar-refractivity contribution is 6.30. The van der Waals surface area contributed by atoms with Gasteiger partial charge in [-0.05, 0) is 91.0 Å². The molecule has 2 fully saturated rings. The summed E-state index contributed by atoms with van der Waals surface area (Å²) in [4.78, 5) is 38.0. The maximum Gasteiger partial charge on any atom is 0.237 e. The number of fused-ring (bicyclic) bond motifs is 1. The summed E-state index contributed by atoms with van der Waals surface area (Å²) in [5.74, 6) is 3.05. The van der Waals surface area contributed by atoms with Crippen LogP contribution in [0.4, 0.5) is 11.5 Å². The maximum absolute atomic E-state index is 13.1. The van der Waals surface area contributed by atoms with Crippen LogP contribution in [0.15, 0.2) is 60.8 Å². The van der Waals surface area contributed by atoms with Gasteiger partial charge in [-0.3, -0.25) is 19.4 Å². The highest BCUT2D eigenvalue weighted by atomic mass is 35.5. The molecule has 0 bridgehead atoms. The Bertz CT molecular complexity index is 1470. The Morgan fingerprint density at radius 2 is 1.72 bits per heavy atom. The number of amides is 2. The molecule has 0 spiro atoms. The van der Waals surface area contributed by atoms with E-state index >= 15 is 0 Å². The maximum atomic E-state index is 13.1. The molecule has 9 heteroatoms. The standard InChI is InChI=1S/C31H43N5O3.C6H5Cl/c1-21(2)12-24-13-25-18-36(30(37)15-23(25)14-28(24)39-5)29-11-10-27(16-32-29)33(3)17-22-6-8-26(9-7-22)35-19-31(38)34(4)20-35;7-6-4-2-1-3-5-6/h10-11,13-14,16,21-22,26H,6-9,12,15,17-20H2,1-5H3;1-5H. The van der Waals surface area contributed by atoms with Crippen LogP contribution >= 0.6 is 11.6 Å². The Hall–Kier alpha value is -3.62. The lowest BCUT2D eigenvalue weighted by Crippen LogP contribution is -2.39. The van der Waals surface area contributed by atoms with Gasteiger partial charge in [0.1, 0.15) is 11.6 Å². The third kappa shape index (κ3) is 8.39. The van der Waals surface area contributed by atoms with Crippen LogP contribution in [0.25, 0.3) is 0 Å². The van der Waals surface area contributed by atoms with Crippen LogP contribution in [0, 0.1) is 11.8 Å². The van der Waals surface area contributed by atoms with Crippen molar-refractivity contribution in [1.29, 1.82) is 0 Å². The van der Waals surface area contributed by atoms with E-state index in [1.165, 1.54) is 24.0 Å². The molecule has 2 aliphatic heterocycles. The summed E-state index contributed by atoms with van der Waals surface area (Å²) in [5, 5.41) is 0.794. The average Bonchev–Trinajstić information content (AvgIpc) is 3.39. The van der Waals surface area contributed by atoms with Gasteiger partial charge in [-0.25, -0.2) is 4.98 Å². The fourth-order valence-electron chi connectivity index (χ4n) is 6.85. The highest BCUT2D eigenvalue weighted by Gasteiger charge is 2.33. The van der Waals surface area contributed by atoms with E-state index < -0.39 is 0 Å². The number of methoxy groups -OCH3 is 1. The van der Waals surface area contributed by atoms with Gasteiger partial charge >= 0.3 is 0 Å². The molecule has 8 nitrogen and oxygen atoms in total. The third-order valence-electron chi connectivity index (χ3n) is 9.41. The van der Waals surface area contributed by atoms with Crippen molar-refractivity contribution in [3.05, 3.63) is 82.5 Å². The quantitative estimate of drug-likeness (QED) is 0.281. The molecule has 2 amide bonds. The minimum atomic E-state index is 0.0671. The Kier molecular flexibility index (Phi) is 11.2. The predicted octanol–water partition coefficient (Wildman–Crippen LogP) is 6.44. The summed E-state index contributed by atoms with van der Waals surface area (Å²) in [6.45, 7) is 7.28. The van der Waals surface area contributed by atoms with E-state index in [9.17, 15) is 9.59 Å². The molecule has 1 saturated heterocycles. The fraction of sp³-hybridized carbons (Fsp3) is 0.486. The largest absolute Gasteiger partial charge is 0.496 e. The SMILES string of the molecule is COc1cc2c(cc1CC(C)C)CN(c1ccc(N(C)CC3CCC(N4CC(=O)N(C)C4)CC3)cn1)C(=O)C2.Clc1ccccc1. The van der Waals surface area contributed by atoms with Crippen molar-refractivity contribution < 1.29 is 14.3 Å². The van der Waals surface area contributed by atoms with E-state index in [4.69, 9.17) is 21.3 Å². The summed E-state index contributed by atoms with van der Waals surface area (Å²) in [7, 11) is 5.72. The van der Waals surface area contributed by atoms with Gasteiger partial charge in [0.25, 0.3) is 0 Å². The number of likely N-dealkylation sites (N-methyl/N-ethyl adjacent to an activating group) is 1. The molecular weight excluding hydrogens is 598 g/mol. The summed E-state index contributed by atoms with van der Waals surface area (Å²) in [6.07, 6.45) is 7.87. The van der Waals surface area contributed by atoms with E-state index in [0.29, 0.717) is 43.2 Å². The van der Waals surface area contributed by atoms with Gasteiger partial charge in [0.05, 0.1) is 45.2 Å². The number of rotatable bonds is 8. The van der Waals surface area contributed by atoms with Crippen LogP contribution < -0.4 is 14.5 Å². The Labute approximate surface area is 279 Å². The first-order valence-corrected chi connectivity index (χ1v) is 16.8. The Morgan fingerprint density at radius 3 is 2.28 bits per heavy atom. The number of carbonyl (C=O) groups excluding carboxylic acids is 2. The second kappa shape index (κ2) is 15.3. The van der Waals surface area contributed by atoms with Crippen LogP contribution in [0.5, 0.6) is 5.75 Å². The number of hydrogen-bond donors (Lipinski definition) is 0. The molecule has 0 unspecified atom stereocenters. The van der Waals surface area contributed by atoms with Crippen molar-refractivity contribution in [2.24, 2.45) is 11.8 Å². The first-order chi connectivity index (χ1) is 22.1. The fourth-order valence-corrected chi connectivity index (χ4v) is 6.99. The number of anilines is 2. The van der Waals surface area contributed by atoms with Gasteiger partial charge in [-0.1, -0.05) is 49.7 Å². The Morgan fingerprint density at radius 1 is 0.978 bits per heavy atom. The molecule has 6 rings (SSSR count). The van der Waals surface area contributed by atoms with Crippen LogP contribution in [0.1, 0.15) is 56.2 Å². The van der Waals surface area contributed by atoms with Crippen LogP contribution in [-0.4, -0.2) is 73.6 Å². The molecule has 1 aliphatic carbocycles. The van der Waals surface area contributed by atoms with Gasteiger partial charge in [0, 0.05) is 31.7 Å². The third-order valence-corrected chi connectivity index (χ3v) is 9.66. The lowest BCUT2D eigenvalue weighted by molar-refractivity contribution is -0.125. The van der Waals surface area contributed by atoms with Crippen LogP contribution in [0.2, 0.25) is 5.02 Å². The molecule has 0 radical (unpaired) electrons. The zero-order chi connectivity index (χ0) is 32.8. The van der Waals surface area contributed by atoms with Crippen LogP contribution in [0.3, 0.4) is 0 Å². The molecule has 2 aromatic carbocycles. The van der Waals surface area contributed by atoms with Gasteiger partial charge < -0.3 is 14.5 Å². The number of hydrogen-bond acceptors (Lipinski definition) is 6. The summed E-state index contributed by atoms with van der Waals surface area (Å²) < 4.78 is 5.63. The summed E-state index contributed by atoms with van der Waals surface area (Å²) in [6, 6.07) is 18.3. The number of aromatic nitrogens is 1.